The lowest BCUT2D eigenvalue weighted by Gasteiger charge is -2.25. The van der Waals surface area contributed by atoms with E-state index in [0.29, 0.717) is 11.1 Å². The van der Waals surface area contributed by atoms with E-state index in [9.17, 15) is 23.1 Å². The van der Waals surface area contributed by atoms with E-state index in [1.54, 1.807) is 35.2 Å². The van der Waals surface area contributed by atoms with Crippen LogP contribution in [0.1, 0.15) is 42.0 Å². The third-order valence-electron chi connectivity index (χ3n) is 5.56. The van der Waals surface area contributed by atoms with Crippen molar-refractivity contribution >= 4 is 17.6 Å². The first-order chi connectivity index (χ1) is 16.2. The Labute approximate surface area is 193 Å². The highest BCUT2D eigenvalue weighted by atomic mass is 19.4. The molecule has 1 aliphatic carbocycles. The Hall–Kier alpha value is -3.69. The SMILES string of the molecule is O=C(O)CC(Nc1ncnc(N(Cc2ccc(C(F)(F)F)cc2)C2CC2)c1F)c1ccccc1. The smallest absolute Gasteiger partial charge is 0.416 e. The van der Waals surface area contributed by atoms with Crippen molar-refractivity contribution < 1.29 is 27.5 Å². The van der Waals surface area contributed by atoms with E-state index < -0.39 is 29.6 Å². The predicted molar refractivity (Wildman–Crippen MR) is 118 cm³/mol. The van der Waals surface area contributed by atoms with Gasteiger partial charge in [-0.25, -0.2) is 9.97 Å². The number of aliphatic carboxylic acids is 1. The Bertz CT molecular complexity index is 1140. The lowest BCUT2D eigenvalue weighted by atomic mass is 10.0. The van der Waals surface area contributed by atoms with E-state index in [1.165, 1.54) is 18.5 Å². The molecule has 1 saturated carbocycles. The average Bonchev–Trinajstić information content (AvgIpc) is 3.64. The van der Waals surface area contributed by atoms with Crippen LogP contribution in [0, 0.1) is 5.82 Å². The lowest BCUT2D eigenvalue weighted by molar-refractivity contribution is -0.138. The summed E-state index contributed by atoms with van der Waals surface area (Å²) in [7, 11) is 0. The second-order valence-electron chi connectivity index (χ2n) is 8.12. The molecule has 4 rings (SSSR count). The Balaban J connectivity index is 1.59. The second kappa shape index (κ2) is 9.66. The van der Waals surface area contributed by atoms with E-state index in [-0.39, 0.29) is 30.6 Å². The number of nitrogens with one attached hydrogen (secondary N) is 1. The minimum atomic E-state index is -4.43. The molecule has 0 radical (unpaired) electrons. The fourth-order valence-corrected chi connectivity index (χ4v) is 3.70. The van der Waals surface area contributed by atoms with Gasteiger partial charge < -0.3 is 15.3 Å². The highest BCUT2D eigenvalue weighted by Crippen LogP contribution is 2.36. The molecule has 1 atom stereocenters. The molecule has 0 bridgehead atoms. The van der Waals surface area contributed by atoms with Gasteiger partial charge in [0.05, 0.1) is 18.0 Å². The van der Waals surface area contributed by atoms with Gasteiger partial charge in [0.25, 0.3) is 0 Å². The Morgan fingerprint density at radius 3 is 2.35 bits per heavy atom. The molecule has 0 amide bonds. The molecule has 1 aliphatic rings. The number of carbonyl (C=O) groups is 1. The molecule has 34 heavy (non-hydrogen) atoms. The maximum Gasteiger partial charge on any atom is 0.416 e. The summed E-state index contributed by atoms with van der Waals surface area (Å²) in [5.74, 6) is -1.93. The van der Waals surface area contributed by atoms with E-state index in [4.69, 9.17) is 0 Å². The molecule has 2 aromatic carbocycles. The summed E-state index contributed by atoms with van der Waals surface area (Å²) in [6, 6.07) is 12.8. The molecule has 10 heteroatoms. The van der Waals surface area contributed by atoms with Crippen molar-refractivity contribution in [3.05, 3.63) is 83.4 Å². The van der Waals surface area contributed by atoms with Gasteiger partial charge in [-0.1, -0.05) is 42.5 Å². The number of carboxylic acids is 1. The fourth-order valence-electron chi connectivity index (χ4n) is 3.70. The summed E-state index contributed by atoms with van der Waals surface area (Å²) in [6.07, 6.45) is -1.93. The van der Waals surface area contributed by atoms with Gasteiger partial charge in [-0.3, -0.25) is 4.79 Å². The van der Waals surface area contributed by atoms with Gasteiger partial charge in [-0.05, 0) is 36.1 Å². The van der Waals surface area contributed by atoms with Crippen LogP contribution in [-0.4, -0.2) is 27.1 Å². The fraction of sp³-hybridized carbons (Fsp3) is 0.292. The Morgan fingerprint density at radius 1 is 1.09 bits per heavy atom. The van der Waals surface area contributed by atoms with Gasteiger partial charge in [-0.15, -0.1) is 0 Å². The number of nitrogens with zero attached hydrogens (tertiary/aromatic N) is 3. The molecule has 1 fully saturated rings. The summed E-state index contributed by atoms with van der Waals surface area (Å²) in [5.41, 5.74) is 0.494. The van der Waals surface area contributed by atoms with Crippen LogP contribution in [0.15, 0.2) is 60.9 Å². The van der Waals surface area contributed by atoms with Crippen LogP contribution in [0.5, 0.6) is 0 Å². The topological polar surface area (TPSA) is 78.3 Å². The van der Waals surface area contributed by atoms with Crippen LogP contribution >= 0.6 is 0 Å². The van der Waals surface area contributed by atoms with Gasteiger partial charge in [0.2, 0.25) is 5.82 Å². The van der Waals surface area contributed by atoms with Crippen LogP contribution in [0.3, 0.4) is 0 Å². The summed E-state index contributed by atoms with van der Waals surface area (Å²) in [5, 5.41) is 12.2. The first-order valence-electron chi connectivity index (χ1n) is 10.7. The Kier molecular flexibility index (Phi) is 6.67. The van der Waals surface area contributed by atoms with E-state index in [2.05, 4.69) is 15.3 Å². The van der Waals surface area contributed by atoms with Crippen LogP contribution in [-0.2, 0) is 17.5 Å². The third kappa shape index (κ3) is 5.62. The first kappa shape index (κ1) is 23.5. The highest BCUT2D eigenvalue weighted by Gasteiger charge is 2.34. The highest BCUT2D eigenvalue weighted by molar-refractivity contribution is 5.69. The molecular weight excluding hydrogens is 452 g/mol. The standard InChI is InChI=1S/C24H22F4N4O2/c25-21-22(31-19(12-20(33)34)16-4-2-1-3-5-16)29-14-30-23(21)32(18-10-11-18)13-15-6-8-17(9-7-15)24(26,27)28/h1-9,14,18-19H,10-13H2,(H,33,34)(H,29,30,31). The van der Waals surface area contributed by atoms with Crippen molar-refractivity contribution in [2.75, 3.05) is 10.2 Å². The average molecular weight is 474 g/mol. The molecular formula is C24H22F4N4O2. The summed E-state index contributed by atoms with van der Waals surface area (Å²) >= 11 is 0. The van der Waals surface area contributed by atoms with E-state index in [0.717, 1.165) is 25.0 Å². The molecule has 1 heterocycles. The molecule has 0 aliphatic heterocycles. The number of alkyl halides is 3. The molecule has 1 unspecified atom stereocenters. The molecule has 0 spiro atoms. The van der Waals surface area contributed by atoms with Crippen LogP contribution in [0.4, 0.5) is 29.2 Å². The largest absolute Gasteiger partial charge is 0.481 e. The van der Waals surface area contributed by atoms with Crippen molar-refractivity contribution in [2.24, 2.45) is 0 Å². The van der Waals surface area contributed by atoms with Crippen molar-refractivity contribution in [1.29, 1.82) is 0 Å². The van der Waals surface area contributed by atoms with Gasteiger partial charge in [0.15, 0.2) is 11.6 Å². The molecule has 3 aromatic rings. The molecule has 6 nitrogen and oxygen atoms in total. The maximum atomic E-state index is 15.5. The molecule has 0 saturated heterocycles. The van der Waals surface area contributed by atoms with Gasteiger partial charge >= 0.3 is 12.1 Å². The second-order valence-corrected chi connectivity index (χ2v) is 8.12. The molecule has 2 N–H and O–H groups in total. The molecule has 178 valence electrons. The molecule has 1 aromatic heterocycles. The summed E-state index contributed by atoms with van der Waals surface area (Å²) in [6.45, 7) is 0.174. The van der Waals surface area contributed by atoms with Crippen molar-refractivity contribution in [3.63, 3.8) is 0 Å². The van der Waals surface area contributed by atoms with Crippen LogP contribution < -0.4 is 10.2 Å². The summed E-state index contributed by atoms with van der Waals surface area (Å²) in [4.78, 5) is 21.2. The number of carboxylic acid groups (broad SMARTS) is 1. The minimum absolute atomic E-state index is 0.00322. The lowest BCUT2D eigenvalue weighted by Crippen LogP contribution is -2.28. The minimum Gasteiger partial charge on any atom is -0.481 e. The van der Waals surface area contributed by atoms with Gasteiger partial charge in [-0.2, -0.15) is 17.6 Å². The predicted octanol–water partition coefficient (Wildman–Crippen LogP) is 5.43. The number of rotatable bonds is 9. The third-order valence-corrected chi connectivity index (χ3v) is 5.56. The van der Waals surface area contributed by atoms with Gasteiger partial charge in [0.1, 0.15) is 6.33 Å². The van der Waals surface area contributed by atoms with Crippen molar-refractivity contribution in [2.45, 2.75) is 44.1 Å². The van der Waals surface area contributed by atoms with Crippen LogP contribution in [0.2, 0.25) is 0 Å². The zero-order valence-electron chi connectivity index (χ0n) is 18.0. The Morgan fingerprint density at radius 2 is 1.76 bits per heavy atom. The number of hydrogen-bond acceptors (Lipinski definition) is 5. The number of aromatic nitrogens is 2. The van der Waals surface area contributed by atoms with Crippen molar-refractivity contribution in [3.8, 4) is 0 Å². The quantitative estimate of drug-likeness (QED) is 0.403. The van der Waals surface area contributed by atoms with E-state index in [1.807, 2.05) is 0 Å². The monoisotopic (exact) mass is 474 g/mol. The normalized spacial score (nSPS) is 14.5. The maximum absolute atomic E-state index is 15.5. The first-order valence-corrected chi connectivity index (χ1v) is 10.7. The van der Waals surface area contributed by atoms with Crippen molar-refractivity contribution in [1.82, 2.24) is 9.97 Å². The number of halogens is 4. The van der Waals surface area contributed by atoms with Gasteiger partial charge in [0, 0.05) is 12.6 Å². The van der Waals surface area contributed by atoms with Crippen LogP contribution in [0.25, 0.3) is 0 Å². The van der Waals surface area contributed by atoms with E-state index >= 15 is 4.39 Å². The number of benzene rings is 2. The number of anilines is 2. The zero-order valence-corrected chi connectivity index (χ0v) is 18.0. The summed E-state index contributed by atoms with van der Waals surface area (Å²) < 4.78 is 54.1. The zero-order chi connectivity index (χ0) is 24.3. The number of hydrogen-bond donors (Lipinski definition) is 2.